The summed E-state index contributed by atoms with van der Waals surface area (Å²) in [6, 6.07) is 0.520. The zero-order valence-electron chi connectivity index (χ0n) is 13.2. The van der Waals surface area contributed by atoms with Crippen molar-refractivity contribution in [2.24, 2.45) is 10.9 Å². The highest BCUT2D eigenvalue weighted by Gasteiger charge is 2.18. The molecular formula is C15H30N4O. The lowest BCUT2D eigenvalue weighted by Gasteiger charge is -2.28. The molecule has 0 aliphatic heterocycles. The van der Waals surface area contributed by atoms with E-state index in [4.69, 9.17) is 0 Å². The number of carbonyl (C=O) groups is 1. The Morgan fingerprint density at radius 1 is 1.15 bits per heavy atom. The maximum Gasteiger partial charge on any atom is 0.221 e. The number of rotatable bonds is 6. The summed E-state index contributed by atoms with van der Waals surface area (Å²) in [5, 5.41) is 9.53. The number of guanidine groups is 1. The smallest absolute Gasteiger partial charge is 0.221 e. The predicted molar refractivity (Wildman–Crippen MR) is 83.8 cm³/mol. The molecule has 0 aromatic rings. The van der Waals surface area contributed by atoms with E-state index in [-0.39, 0.29) is 5.91 Å². The number of nitrogens with one attached hydrogen (secondary N) is 3. The van der Waals surface area contributed by atoms with Crippen LogP contribution in [0.2, 0.25) is 0 Å². The van der Waals surface area contributed by atoms with Crippen molar-refractivity contribution in [3.63, 3.8) is 0 Å². The van der Waals surface area contributed by atoms with Gasteiger partial charge in [0.25, 0.3) is 0 Å². The Bertz CT molecular complexity index is 309. The summed E-state index contributed by atoms with van der Waals surface area (Å²) in [7, 11) is 1.78. The van der Waals surface area contributed by atoms with Gasteiger partial charge < -0.3 is 16.0 Å². The minimum absolute atomic E-state index is 0.0984. The summed E-state index contributed by atoms with van der Waals surface area (Å²) >= 11 is 0. The molecule has 0 aromatic heterocycles. The number of hydrogen-bond donors (Lipinski definition) is 3. The van der Waals surface area contributed by atoms with E-state index in [1.807, 2.05) is 0 Å². The lowest BCUT2D eigenvalue weighted by molar-refractivity contribution is -0.120. The largest absolute Gasteiger partial charge is 0.356 e. The third-order valence-corrected chi connectivity index (χ3v) is 3.80. The summed E-state index contributed by atoms with van der Waals surface area (Å²) in [4.78, 5) is 15.7. The van der Waals surface area contributed by atoms with Gasteiger partial charge in [0.2, 0.25) is 5.91 Å². The normalized spacial score (nSPS) is 23.2. The highest BCUT2D eigenvalue weighted by atomic mass is 16.1. The fraction of sp³-hybridized carbons (Fsp3) is 0.867. The Kier molecular flexibility index (Phi) is 8.07. The molecule has 0 unspecified atom stereocenters. The van der Waals surface area contributed by atoms with Crippen LogP contribution >= 0.6 is 0 Å². The zero-order valence-corrected chi connectivity index (χ0v) is 13.2. The lowest BCUT2D eigenvalue weighted by Crippen LogP contribution is -2.45. The third kappa shape index (κ3) is 6.78. The van der Waals surface area contributed by atoms with Crippen LogP contribution < -0.4 is 16.0 Å². The van der Waals surface area contributed by atoms with E-state index < -0.39 is 0 Å². The second-order valence-electron chi connectivity index (χ2n) is 5.70. The summed E-state index contributed by atoms with van der Waals surface area (Å²) in [6.07, 6.45) is 6.45. The Balaban J connectivity index is 2.18. The van der Waals surface area contributed by atoms with E-state index >= 15 is 0 Å². The van der Waals surface area contributed by atoms with Crippen LogP contribution in [0.1, 0.15) is 52.4 Å². The summed E-state index contributed by atoms with van der Waals surface area (Å²) in [6.45, 7) is 5.75. The molecule has 0 spiro atoms. The molecule has 1 saturated carbocycles. The maximum atomic E-state index is 11.5. The van der Waals surface area contributed by atoms with Crippen molar-refractivity contribution in [1.29, 1.82) is 0 Å². The van der Waals surface area contributed by atoms with Crippen LogP contribution in [0.25, 0.3) is 0 Å². The van der Waals surface area contributed by atoms with Crippen LogP contribution in [0.4, 0.5) is 0 Å². The minimum Gasteiger partial charge on any atom is -0.356 e. The van der Waals surface area contributed by atoms with Crippen LogP contribution in [0.15, 0.2) is 4.99 Å². The molecule has 116 valence electrons. The SMILES string of the molecule is CCCNC(=O)CCNC(=NC)NC1CCC(C)CC1. The van der Waals surface area contributed by atoms with E-state index in [1.54, 1.807) is 7.05 Å². The highest BCUT2D eigenvalue weighted by molar-refractivity contribution is 5.81. The molecule has 20 heavy (non-hydrogen) atoms. The first-order chi connectivity index (χ1) is 9.65. The topological polar surface area (TPSA) is 65.5 Å². The van der Waals surface area contributed by atoms with Crippen LogP contribution in [-0.2, 0) is 4.79 Å². The van der Waals surface area contributed by atoms with Gasteiger partial charge in [-0.15, -0.1) is 0 Å². The molecule has 1 aliphatic carbocycles. The Morgan fingerprint density at radius 2 is 1.85 bits per heavy atom. The molecule has 5 heteroatoms. The maximum absolute atomic E-state index is 11.5. The van der Waals surface area contributed by atoms with Gasteiger partial charge in [-0.1, -0.05) is 13.8 Å². The predicted octanol–water partition coefficient (Wildman–Crippen LogP) is 1.65. The van der Waals surface area contributed by atoms with Crippen LogP contribution in [0.3, 0.4) is 0 Å². The molecule has 1 fully saturated rings. The lowest BCUT2D eigenvalue weighted by atomic mass is 9.87. The first kappa shape index (κ1) is 16.8. The summed E-state index contributed by atoms with van der Waals surface area (Å²) in [5.41, 5.74) is 0. The fourth-order valence-corrected chi connectivity index (χ4v) is 2.44. The average Bonchev–Trinajstić information content (AvgIpc) is 2.46. The van der Waals surface area contributed by atoms with Crippen molar-refractivity contribution in [1.82, 2.24) is 16.0 Å². The summed E-state index contributed by atoms with van der Waals surface area (Å²) < 4.78 is 0. The first-order valence-corrected chi connectivity index (χ1v) is 7.89. The zero-order chi connectivity index (χ0) is 14.8. The molecule has 0 radical (unpaired) electrons. The van der Waals surface area contributed by atoms with Gasteiger partial charge in [0.15, 0.2) is 5.96 Å². The van der Waals surface area contributed by atoms with Gasteiger partial charge in [0, 0.05) is 32.6 Å². The monoisotopic (exact) mass is 282 g/mol. The van der Waals surface area contributed by atoms with E-state index in [9.17, 15) is 4.79 Å². The summed E-state index contributed by atoms with van der Waals surface area (Å²) in [5.74, 6) is 1.76. The molecule has 1 aliphatic rings. The Hall–Kier alpha value is -1.26. The second kappa shape index (κ2) is 9.61. The van der Waals surface area contributed by atoms with Gasteiger partial charge in [0.05, 0.1) is 0 Å². The van der Waals surface area contributed by atoms with Gasteiger partial charge in [-0.3, -0.25) is 9.79 Å². The molecule has 0 heterocycles. The van der Waals surface area contributed by atoms with Crippen molar-refractivity contribution in [3.8, 4) is 0 Å². The van der Waals surface area contributed by atoms with Crippen molar-refractivity contribution < 1.29 is 4.79 Å². The van der Waals surface area contributed by atoms with Gasteiger partial charge >= 0.3 is 0 Å². The van der Waals surface area contributed by atoms with Crippen molar-refractivity contribution in [3.05, 3.63) is 0 Å². The van der Waals surface area contributed by atoms with E-state index in [0.29, 0.717) is 19.0 Å². The minimum atomic E-state index is 0.0984. The number of hydrogen-bond acceptors (Lipinski definition) is 2. The quantitative estimate of drug-likeness (QED) is 0.512. The third-order valence-electron chi connectivity index (χ3n) is 3.80. The van der Waals surface area contributed by atoms with Crippen LogP contribution in [0, 0.1) is 5.92 Å². The number of amides is 1. The van der Waals surface area contributed by atoms with Gasteiger partial charge in [-0.2, -0.15) is 0 Å². The molecule has 0 bridgehead atoms. The molecule has 5 nitrogen and oxygen atoms in total. The van der Waals surface area contributed by atoms with Crippen molar-refractivity contribution in [2.45, 2.75) is 58.4 Å². The Morgan fingerprint density at radius 3 is 2.45 bits per heavy atom. The van der Waals surface area contributed by atoms with E-state index in [0.717, 1.165) is 24.8 Å². The molecule has 0 saturated heterocycles. The standard InChI is InChI=1S/C15H30N4O/c1-4-10-17-14(20)9-11-18-15(16-3)19-13-7-5-12(2)6-8-13/h12-13H,4-11H2,1-3H3,(H,17,20)(H2,16,18,19). The molecule has 3 N–H and O–H groups in total. The number of carbonyl (C=O) groups excluding carboxylic acids is 1. The van der Waals surface area contributed by atoms with Gasteiger partial charge in [-0.05, 0) is 38.0 Å². The van der Waals surface area contributed by atoms with Crippen molar-refractivity contribution in [2.75, 3.05) is 20.1 Å². The molecule has 0 atom stereocenters. The first-order valence-electron chi connectivity index (χ1n) is 7.89. The van der Waals surface area contributed by atoms with E-state index in [2.05, 4.69) is 34.8 Å². The fourth-order valence-electron chi connectivity index (χ4n) is 2.44. The van der Waals surface area contributed by atoms with Crippen molar-refractivity contribution >= 4 is 11.9 Å². The number of aliphatic imine (C=N–C) groups is 1. The average molecular weight is 282 g/mol. The molecular weight excluding hydrogens is 252 g/mol. The molecule has 1 amide bonds. The van der Waals surface area contributed by atoms with Gasteiger partial charge in [-0.25, -0.2) is 0 Å². The van der Waals surface area contributed by atoms with E-state index in [1.165, 1.54) is 25.7 Å². The molecule has 0 aromatic carbocycles. The number of nitrogens with zero attached hydrogens (tertiary/aromatic N) is 1. The highest BCUT2D eigenvalue weighted by Crippen LogP contribution is 2.23. The Labute approximate surface area is 123 Å². The van der Waals surface area contributed by atoms with Gasteiger partial charge in [0.1, 0.15) is 0 Å². The molecule has 1 rings (SSSR count). The van der Waals surface area contributed by atoms with Crippen LogP contribution in [0.5, 0.6) is 0 Å². The second-order valence-corrected chi connectivity index (χ2v) is 5.70. The van der Waals surface area contributed by atoms with Crippen LogP contribution in [-0.4, -0.2) is 38.0 Å².